The van der Waals surface area contributed by atoms with Crippen molar-refractivity contribution in [2.45, 2.75) is 13.5 Å². The topological polar surface area (TPSA) is 55.6 Å². The van der Waals surface area contributed by atoms with Crippen molar-refractivity contribution in [3.63, 3.8) is 0 Å². The number of aryl methyl sites for hydroxylation is 1. The van der Waals surface area contributed by atoms with E-state index >= 15 is 0 Å². The van der Waals surface area contributed by atoms with Gasteiger partial charge >= 0.3 is 0 Å². The minimum absolute atomic E-state index is 0.114. The van der Waals surface area contributed by atoms with Gasteiger partial charge in [-0.2, -0.15) is 5.10 Å². The van der Waals surface area contributed by atoms with Crippen molar-refractivity contribution in [1.29, 1.82) is 0 Å². The number of carbonyl (C=O) groups excluding carboxylic acids is 1. The van der Waals surface area contributed by atoms with E-state index in [0.717, 1.165) is 34.1 Å². The molecule has 5 rings (SSSR count). The molecule has 0 unspecified atom stereocenters. The molecule has 1 amide bonds. The summed E-state index contributed by atoms with van der Waals surface area (Å²) in [6.45, 7) is 2.72. The first-order chi connectivity index (χ1) is 17.7. The number of hydrogen-bond acceptors (Lipinski definition) is 3. The molecule has 0 aliphatic rings. The van der Waals surface area contributed by atoms with Gasteiger partial charge in [0.25, 0.3) is 5.91 Å². The summed E-state index contributed by atoms with van der Waals surface area (Å²) in [7, 11) is 0. The maximum Gasteiger partial charge on any atom is 0.277 e. The number of nitrogens with zero attached hydrogens (tertiary/aromatic N) is 2. The number of hydrazone groups is 1. The Kier molecular flexibility index (Phi) is 6.90. The van der Waals surface area contributed by atoms with Crippen LogP contribution in [0.5, 0.6) is 5.75 Å². The summed E-state index contributed by atoms with van der Waals surface area (Å²) in [4.78, 5) is 12.3. The molecular formula is C31H27N3O2. The van der Waals surface area contributed by atoms with E-state index in [1.165, 1.54) is 11.1 Å². The van der Waals surface area contributed by atoms with Crippen LogP contribution in [0.15, 0.2) is 114 Å². The lowest BCUT2D eigenvalue weighted by molar-refractivity contribution is -0.123. The molecule has 0 fully saturated rings. The van der Waals surface area contributed by atoms with Gasteiger partial charge in [0.1, 0.15) is 5.75 Å². The van der Waals surface area contributed by atoms with Crippen molar-refractivity contribution < 1.29 is 9.53 Å². The maximum atomic E-state index is 12.3. The van der Waals surface area contributed by atoms with Crippen LogP contribution in [-0.2, 0) is 11.3 Å². The first-order valence-corrected chi connectivity index (χ1v) is 11.9. The average molecular weight is 474 g/mol. The zero-order valence-corrected chi connectivity index (χ0v) is 20.1. The summed E-state index contributed by atoms with van der Waals surface area (Å²) in [5, 5.41) is 5.25. The highest BCUT2D eigenvalue weighted by atomic mass is 16.5. The van der Waals surface area contributed by atoms with Gasteiger partial charge in [0.2, 0.25) is 0 Å². The predicted molar refractivity (Wildman–Crippen MR) is 145 cm³/mol. The van der Waals surface area contributed by atoms with Crippen molar-refractivity contribution in [2.75, 3.05) is 6.61 Å². The van der Waals surface area contributed by atoms with Crippen molar-refractivity contribution in [2.24, 2.45) is 5.10 Å². The molecule has 5 aromatic rings. The van der Waals surface area contributed by atoms with Crippen LogP contribution in [-0.4, -0.2) is 23.3 Å². The Morgan fingerprint density at radius 1 is 0.861 bits per heavy atom. The monoisotopic (exact) mass is 473 g/mol. The maximum absolute atomic E-state index is 12.3. The smallest absolute Gasteiger partial charge is 0.277 e. The van der Waals surface area contributed by atoms with Crippen LogP contribution in [0.1, 0.15) is 16.7 Å². The van der Waals surface area contributed by atoms with Gasteiger partial charge < -0.3 is 9.30 Å². The van der Waals surface area contributed by atoms with E-state index in [9.17, 15) is 4.79 Å². The highest BCUT2D eigenvalue weighted by Crippen LogP contribution is 2.23. The first-order valence-electron chi connectivity index (χ1n) is 11.9. The van der Waals surface area contributed by atoms with Gasteiger partial charge in [0, 0.05) is 29.2 Å². The lowest BCUT2D eigenvalue weighted by Crippen LogP contribution is -2.24. The molecule has 36 heavy (non-hydrogen) atoms. The molecule has 1 aromatic heterocycles. The molecule has 0 atom stereocenters. The summed E-state index contributed by atoms with van der Waals surface area (Å²) < 4.78 is 7.82. The van der Waals surface area contributed by atoms with Crippen LogP contribution >= 0.6 is 0 Å². The number of para-hydroxylation sites is 1. The second kappa shape index (κ2) is 10.7. The third kappa shape index (κ3) is 5.53. The lowest BCUT2D eigenvalue weighted by Gasteiger charge is -2.07. The molecule has 0 aliphatic carbocycles. The fourth-order valence-corrected chi connectivity index (χ4v) is 4.13. The molecule has 178 valence electrons. The van der Waals surface area contributed by atoms with Crippen LogP contribution < -0.4 is 10.2 Å². The van der Waals surface area contributed by atoms with Crippen LogP contribution in [0.3, 0.4) is 0 Å². The predicted octanol–water partition coefficient (Wildman–Crippen LogP) is 6.19. The third-order valence-corrected chi connectivity index (χ3v) is 6.02. The zero-order chi connectivity index (χ0) is 24.7. The Morgan fingerprint density at radius 2 is 1.53 bits per heavy atom. The second-order valence-corrected chi connectivity index (χ2v) is 8.69. The molecule has 0 bridgehead atoms. The van der Waals surface area contributed by atoms with Crippen molar-refractivity contribution in [3.05, 3.63) is 126 Å². The molecule has 5 nitrogen and oxygen atoms in total. The van der Waals surface area contributed by atoms with Crippen LogP contribution in [0.2, 0.25) is 0 Å². The van der Waals surface area contributed by atoms with E-state index in [1.54, 1.807) is 6.21 Å². The Balaban J connectivity index is 1.18. The van der Waals surface area contributed by atoms with Gasteiger partial charge in [-0.1, -0.05) is 90.5 Å². The molecular weight excluding hydrogens is 446 g/mol. The van der Waals surface area contributed by atoms with Gasteiger partial charge in [-0.3, -0.25) is 4.79 Å². The molecule has 1 N–H and O–H groups in total. The first kappa shape index (κ1) is 23.1. The fourth-order valence-electron chi connectivity index (χ4n) is 4.13. The fraction of sp³-hybridized carbons (Fsp3) is 0.0968. The summed E-state index contributed by atoms with van der Waals surface area (Å²) in [6, 6.07) is 34.6. The largest absolute Gasteiger partial charge is 0.484 e. The van der Waals surface area contributed by atoms with E-state index in [2.05, 4.69) is 76.7 Å². The molecule has 0 radical (unpaired) electrons. The second-order valence-electron chi connectivity index (χ2n) is 8.69. The summed E-state index contributed by atoms with van der Waals surface area (Å²) in [5.41, 5.74) is 9.31. The van der Waals surface area contributed by atoms with E-state index in [0.29, 0.717) is 5.75 Å². The minimum Gasteiger partial charge on any atom is -0.484 e. The van der Waals surface area contributed by atoms with Crippen molar-refractivity contribution in [3.8, 4) is 16.9 Å². The lowest BCUT2D eigenvalue weighted by atomic mass is 10.0. The zero-order valence-electron chi connectivity index (χ0n) is 20.1. The molecule has 0 spiro atoms. The van der Waals surface area contributed by atoms with Gasteiger partial charge in [-0.15, -0.1) is 0 Å². The Hall–Kier alpha value is -4.64. The quantitative estimate of drug-likeness (QED) is 0.216. The minimum atomic E-state index is -0.318. The Labute approximate surface area is 210 Å². The summed E-state index contributed by atoms with van der Waals surface area (Å²) in [5.74, 6) is 0.316. The van der Waals surface area contributed by atoms with E-state index in [-0.39, 0.29) is 12.5 Å². The molecule has 0 aliphatic heterocycles. The molecule has 0 saturated heterocycles. The third-order valence-electron chi connectivity index (χ3n) is 6.02. The Morgan fingerprint density at radius 3 is 2.28 bits per heavy atom. The molecule has 0 saturated carbocycles. The number of rotatable bonds is 8. The normalized spacial score (nSPS) is 11.1. The van der Waals surface area contributed by atoms with Gasteiger partial charge in [0.15, 0.2) is 6.61 Å². The summed E-state index contributed by atoms with van der Waals surface area (Å²) in [6.07, 6.45) is 3.73. The number of nitrogens with one attached hydrogen (secondary N) is 1. The molecule has 5 heteroatoms. The average Bonchev–Trinajstić information content (AvgIpc) is 3.26. The highest BCUT2D eigenvalue weighted by molar-refractivity contribution is 5.99. The van der Waals surface area contributed by atoms with Crippen molar-refractivity contribution in [1.82, 2.24) is 9.99 Å². The van der Waals surface area contributed by atoms with Gasteiger partial charge in [-0.05, 0) is 41.8 Å². The van der Waals surface area contributed by atoms with Gasteiger partial charge in [-0.25, -0.2) is 5.43 Å². The Bertz CT molecular complexity index is 1490. The van der Waals surface area contributed by atoms with E-state index < -0.39 is 0 Å². The number of ether oxygens (including phenoxy) is 1. The molecule has 4 aromatic carbocycles. The summed E-state index contributed by atoms with van der Waals surface area (Å²) >= 11 is 0. The van der Waals surface area contributed by atoms with Crippen LogP contribution in [0.4, 0.5) is 0 Å². The van der Waals surface area contributed by atoms with E-state index in [4.69, 9.17) is 4.74 Å². The number of aromatic nitrogens is 1. The number of hydrogen-bond donors (Lipinski definition) is 1. The number of benzene rings is 4. The van der Waals surface area contributed by atoms with Crippen molar-refractivity contribution >= 4 is 23.0 Å². The molecule has 1 heterocycles. The number of carbonyl (C=O) groups is 1. The number of fused-ring (bicyclic) bond motifs is 1. The van der Waals surface area contributed by atoms with Crippen LogP contribution in [0.25, 0.3) is 22.0 Å². The van der Waals surface area contributed by atoms with E-state index in [1.807, 2.05) is 54.6 Å². The number of amides is 1. The standard InChI is InChI=1S/C31H27N3O2/c1-23-11-13-25(14-12-23)26-15-17-28(18-16-26)36-22-31(35)33-32-19-27-21-34(20-24-7-3-2-4-8-24)30-10-6-5-9-29(27)30/h2-19,21H,20,22H2,1H3,(H,33,35)/b32-19+. The van der Waals surface area contributed by atoms with Gasteiger partial charge in [0.05, 0.1) is 6.21 Å². The highest BCUT2D eigenvalue weighted by Gasteiger charge is 2.08. The van der Waals surface area contributed by atoms with Crippen LogP contribution in [0, 0.1) is 6.92 Å². The SMILES string of the molecule is Cc1ccc(-c2ccc(OCC(=O)N/N=C/c3cn(Cc4ccccc4)c4ccccc34)cc2)cc1.